The molecule has 2 aromatic carbocycles. The first kappa shape index (κ1) is 17.9. The summed E-state index contributed by atoms with van der Waals surface area (Å²) in [4.78, 5) is 11.9. The van der Waals surface area contributed by atoms with Gasteiger partial charge in [0.05, 0.1) is 13.7 Å². The van der Waals surface area contributed by atoms with E-state index in [0.29, 0.717) is 31.9 Å². The summed E-state index contributed by atoms with van der Waals surface area (Å²) < 4.78 is 10.7. The largest absolute Gasteiger partial charge is 0.497 e. The van der Waals surface area contributed by atoms with Crippen molar-refractivity contribution in [3.8, 4) is 11.5 Å². The van der Waals surface area contributed by atoms with Crippen molar-refractivity contribution >= 4 is 5.91 Å². The number of ether oxygens (including phenoxy) is 2. The number of carbonyl (C=O) groups excluding carboxylic acids is 1. The number of methoxy groups -OCH3 is 1. The summed E-state index contributed by atoms with van der Waals surface area (Å²) in [5.41, 5.74) is 1.24. The molecule has 2 rings (SSSR count). The Balaban J connectivity index is 1.61. The first-order chi connectivity index (χ1) is 11.7. The van der Waals surface area contributed by atoms with Gasteiger partial charge in [0, 0.05) is 13.0 Å². The third-order valence-electron chi connectivity index (χ3n) is 3.85. The van der Waals surface area contributed by atoms with Gasteiger partial charge >= 0.3 is 0 Å². The lowest BCUT2D eigenvalue weighted by Crippen LogP contribution is -2.27. The molecule has 0 radical (unpaired) electrons. The van der Waals surface area contributed by atoms with E-state index in [0.717, 1.165) is 11.5 Å². The van der Waals surface area contributed by atoms with Crippen LogP contribution in [0.5, 0.6) is 11.5 Å². The normalized spacial score (nSPS) is 11.6. The van der Waals surface area contributed by atoms with Crippen LogP contribution in [0.1, 0.15) is 31.2 Å². The predicted octanol–water partition coefficient (Wildman–Crippen LogP) is 3.77. The van der Waals surface area contributed by atoms with Crippen LogP contribution < -0.4 is 14.8 Å². The average Bonchev–Trinajstić information content (AvgIpc) is 2.64. The zero-order valence-corrected chi connectivity index (χ0v) is 14.3. The summed E-state index contributed by atoms with van der Waals surface area (Å²) in [5, 5.41) is 2.98. The van der Waals surface area contributed by atoms with Crippen LogP contribution >= 0.6 is 0 Å². The molecule has 1 N–H and O–H groups in total. The first-order valence-corrected chi connectivity index (χ1v) is 8.27. The Morgan fingerprint density at radius 2 is 1.71 bits per heavy atom. The van der Waals surface area contributed by atoms with Crippen molar-refractivity contribution in [2.75, 3.05) is 20.3 Å². The highest BCUT2D eigenvalue weighted by atomic mass is 16.5. The lowest BCUT2D eigenvalue weighted by atomic mass is 10.0. The Hall–Kier alpha value is -2.49. The maximum atomic E-state index is 11.9. The second kappa shape index (κ2) is 9.60. The van der Waals surface area contributed by atoms with Crippen molar-refractivity contribution in [2.24, 2.45) is 0 Å². The van der Waals surface area contributed by atoms with E-state index in [1.54, 1.807) is 7.11 Å². The van der Waals surface area contributed by atoms with Crippen LogP contribution in [0.15, 0.2) is 54.6 Å². The summed E-state index contributed by atoms with van der Waals surface area (Å²) in [6.45, 7) is 3.29. The van der Waals surface area contributed by atoms with Gasteiger partial charge in [-0.2, -0.15) is 0 Å². The molecule has 4 nitrogen and oxygen atoms in total. The van der Waals surface area contributed by atoms with E-state index in [1.807, 2.05) is 42.5 Å². The van der Waals surface area contributed by atoms with E-state index in [1.165, 1.54) is 5.56 Å². The molecular weight excluding hydrogens is 302 g/mol. The molecule has 0 aromatic heterocycles. The first-order valence-electron chi connectivity index (χ1n) is 8.27. The van der Waals surface area contributed by atoms with Gasteiger partial charge in [0.2, 0.25) is 5.91 Å². The number of benzene rings is 2. The zero-order chi connectivity index (χ0) is 17.2. The molecule has 0 aliphatic heterocycles. The van der Waals surface area contributed by atoms with Gasteiger partial charge in [-0.1, -0.05) is 37.3 Å². The highest BCUT2D eigenvalue weighted by Crippen LogP contribution is 2.17. The number of nitrogens with one attached hydrogen (secondary N) is 1. The molecule has 0 heterocycles. The van der Waals surface area contributed by atoms with Crippen molar-refractivity contribution in [1.82, 2.24) is 5.32 Å². The van der Waals surface area contributed by atoms with Gasteiger partial charge in [-0.05, 0) is 42.2 Å². The summed E-state index contributed by atoms with van der Waals surface area (Å²) in [6.07, 6.45) is 1.16. The number of carbonyl (C=O) groups is 1. The summed E-state index contributed by atoms with van der Waals surface area (Å²) in [6, 6.07) is 17.6. The van der Waals surface area contributed by atoms with Crippen molar-refractivity contribution in [2.45, 2.75) is 25.7 Å². The Morgan fingerprint density at radius 1 is 1.04 bits per heavy atom. The fraction of sp³-hybridized carbons (Fsp3) is 0.350. The molecule has 0 bridgehead atoms. The second-order valence-corrected chi connectivity index (χ2v) is 5.74. The molecule has 0 saturated carbocycles. The average molecular weight is 327 g/mol. The molecule has 0 aliphatic carbocycles. The lowest BCUT2D eigenvalue weighted by molar-refractivity contribution is -0.121. The molecule has 0 saturated heterocycles. The van der Waals surface area contributed by atoms with Gasteiger partial charge in [0.15, 0.2) is 0 Å². The van der Waals surface area contributed by atoms with Gasteiger partial charge in [-0.3, -0.25) is 4.79 Å². The highest BCUT2D eigenvalue weighted by Gasteiger charge is 2.07. The molecule has 24 heavy (non-hydrogen) atoms. The smallest absolute Gasteiger partial charge is 0.220 e. The maximum Gasteiger partial charge on any atom is 0.220 e. The van der Waals surface area contributed by atoms with Gasteiger partial charge in [0.25, 0.3) is 0 Å². The Morgan fingerprint density at radius 3 is 2.38 bits per heavy atom. The summed E-state index contributed by atoms with van der Waals surface area (Å²) in [7, 11) is 1.63. The molecule has 128 valence electrons. The van der Waals surface area contributed by atoms with Crippen molar-refractivity contribution < 1.29 is 14.3 Å². The van der Waals surface area contributed by atoms with Crippen LogP contribution in [0.4, 0.5) is 0 Å². The van der Waals surface area contributed by atoms with Crippen LogP contribution in [0.25, 0.3) is 0 Å². The van der Waals surface area contributed by atoms with E-state index >= 15 is 0 Å². The van der Waals surface area contributed by atoms with Crippen molar-refractivity contribution in [3.05, 3.63) is 60.2 Å². The molecule has 2 aromatic rings. The Labute approximate surface area is 143 Å². The number of rotatable bonds is 9. The zero-order valence-electron chi connectivity index (χ0n) is 14.3. The molecule has 0 fully saturated rings. The minimum absolute atomic E-state index is 0.0658. The molecule has 1 unspecified atom stereocenters. The van der Waals surface area contributed by atoms with Gasteiger partial charge in [-0.25, -0.2) is 0 Å². The quantitative estimate of drug-likeness (QED) is 0.713. The van der Waals surface area contributed by atoms with Crippen LogP contribution in [0.2, 0.25) is 0 Å². The van der Waals surface area contributed by atoms with Crippen LogP contribution in [-0.4, -0.2) is 26.2 Å². The molecule has 1 amide bonds. The van der Waals surface area contributed by atoms with Gasteiger partial charge in [0.1, 0.15) is 11.5 Å². The lowest BCUT2D eigenvalue weighted by Gasteiger charge is -2.13. The third kappa shape index (κ3) is 5.95. The van der Waals surface area contributed by atoms with E-state index in [-0.39, 0.29) is 5.91 Å². The van der Waals surface area contributed by atoms with Gasteiger partial charge < -0.3 is 14.8 Å². The third-order valence-corrected chi connectivity index (χ3v) is 3.85. The fourth-order valence-corrected chi connectivity index (χ4v) is 2.35. The molecule has 0 aliphatic rings. The molecule has 1 atom stereocenters. The van der Waals surface area contributed by atoms with Gasteiger partial charge in [-0.15, -0.1) is 0 Å². The van der Waals surface area contributed by atoms with E-state index in [4.69, 9.17) is 9.47 Å². The minimum Gasteiger partial charge on any atom is -0.497 e. The SMILES string of the molecule is COc1ccc(OCCCC(=O)NCC(C)c2ccccc2)cc1. The Bertz CT molecular complexity index is 611. The van der Waals surface area contributed by atoms with Crippen LogP contribution in [0.3, 0.4) is 0 Å². The summed E-state index contributed by atoms with van der Waals surface area (Å²) in [5.74, 6) is 1.96. The minimum atomic E-state index is 0.0658. The van der Waals surface area contributed by atoms with Crippen molar-refractivity contribution in [1.29, 1.82) is 0 Å². The monoisotopic (exact) mass is 327 g/mol. The van der Waals surface area contributed by atoms with Crippen LogP contribution in [-0.2, 0) is 4.79 Å². The molecule has 0 spiro atoms. The topological polar surface area (TPSA) is 47.6 Å². The van der Waals surface area contributed by atoms with E-state index in [2.05, 4.69) is 24.4 Å². The van der Waals surface area contributed by atoms with E-state index < -0.39 is 0 Å². The van der Waals surface area contributed by atoms with Crippen LogP contribution in [0, 0.1) is 0 Å². The van der Waals surface area contributed by atoms with E-state index in [9.17, 15) is 4.79 Å². The number of hydrogen-bond acceptors (Lipinski definition) is 3. The standard InChI is InChI=1S/C20H25NO3/c1-16(17-7-4-3-5-8-17)15-21-20(22)9-6-14-24-19-12-10-18(23-2)11-13-19/h3-5,7-8,10-13,16H,6,9,14-15H2,1-2H3,(H,21,22). The summed E-state index contributed by atoms with van der Waals surface area (Å²) >= 11 is 0. The Kier molecular flexibility index (Phi) is 7.15. The fourth-order valence-electron chi connectivity index (χ4n) is 2.35. The predicted molar refractivity (Wildman–Crippen MR) is 95.6 cm³/mol. The number of amides is 1. The number of hydrogen-bond donors (Lipinski definition) is 1. The molecule has 4 heteroatoms. The van der Waals surface area contributed by atoms with Crippen molar-refractivity contribution in [3.63, 3.8) is 0 Å². The highest BCUT2D eigenvalue weighted by molar-refractivity contribution is 5.75. The second-order valence-electron chi connectivity index (χ2n) is 5.74. The maximum absolute atomic E-state index is 11.9. The molecular formula is C20H25NO3.